The van der Waals surface area contributed by atoms with E-state index in [-0.39, 0.29) is 16.6 Å². The van der Waals surface area contributed by atoms with Crippen molar-refractivity contribution in [1.29, 1.82) is 0 Å². The number of epoxide rings is 1. The van der Waals surface area contributed by atoms with Crippen molar-refractivity contribution in [2.24, 2.45) is 23.2 Å². The third-order valence-corrected chi connectivity index (χ3v) is 9.46. The van der Waals surface area contributed by atoms with E-state index in [1.54, 1.807) is 7.11 Å². The van der Waals surface area contributed by atoms with Crippen molar-refractivity contribution >= 4 is 0 Å². The van der Waals surface area contributed by atoms with Crippen LogP contribution in [-0.4, -0.2) is 18.3 Å². The largest absolute Gasteiger partial charge is 0.497 e. The summed E-state index contributed by atoms with van der Waals surface area (Å²) in [4.78, 5) is 0. The van der Waals surface area contributed by atoms with Crippen LogP contribution >= 0.6 is 0 Å². The maximum atomic E-state index is 6.69. The molecule has 1 saturated heterocycles. The summed E-state index contributed by atoms with van der Waals surface area (Å²) >= 11 is 0. The number of hydrogen-bond acceptors (Lipinski definition) is 2. The summed E-state index contributed by atoms with van der Waals surface area (Å²) in [5, 5.41) is 0. The molecule has 6 unspecified atom stereocenters. The zero-order valence-corrected chi connectivity index (χ0v) is 21.6. The summed E-state index contributed by atoms with van der Waals surface area (Å²) in [5.41, 5.74) is 3.70. The molecule has 1 heterocycles. The predicted octanol–water partition coefficient (Wildman–Crippen LogP) is 7.70. The first-order valence-electron chi connectivity index (χ1n) is 12.8. The van der Waals surface area contributed by atoms with Gasteiger partial charge in [0, 0.05) is 0 Å². The Morgan fingerprint density at radius 2 is 1.94 bits per heavy atom. The van der Waals surface area contributed by atoms with Gasteiger partial charge in [0.25, 0.3) is 0 Å². The van der Waals surface area contributed by atoms with Gasteiger partial charge >= 0.3 is 0 Å². The van der Waals surface area contributed by atoms with Gasteiger partial charge in [-0.15, -0.1) is 12.5 Å². The van der Waals surface area contributed by atoms with Gasteiger partial charge in [0.15, 0.2) is 5.60 Å². The molecule has 1 aromatic rings. The van der Waals surface area contributed by atoms with Gasteiger partial charge in [-0.1, -0.05) is 56.0 Å². The third kappa shape index (κ3) is 3.68. The fraction of sp³-hybridized carbons (Fsp3) is 0.613. The van der Waals surface area contributed by atoms with E-state index in [2.05, 4.69) is 77.0 Å². The summed E-state index contributed by atoms with van der Waals surface area (Å²) < 4.78 is 12.2. The normalized spacial score (nSPS) is 35.9. The number of allylic oxidation sites excluding steroid dienone is 2. The Hall–Kier alpha value is -1.98. The molecule has 33 heavy (non-hydrogen) atoms. The highest BCUT2D eigenvalue weighted by atomic mass is 16.6. The van der Waals surface area contributed by atoms with E-state index in [4.69, 9.17) is 9.47 Å². The van der Waals surface area contributed by atoms with E-state index in [1.165, 1.54) is 29.6 Å². The highest BCUT2D eigenvalue weighted by Gasteiger charge is 2.79. The number of benzene rings is 1. The fourth-order valence-electron chi connectivity index (χ4n) is 7.60. The SMILES string of the molecule is C=C(C)CCC(C)(C(=C)C)C1C(c2ccc(OC)cc2)C[C@]23OC2(C#CC)CCC3C1CC. The molecule has 0 radical (unpaired) electrons. The van der Waals surface area contributed by atoms with Gasteiger partial charge < -0.3 is 9.47 Å². The van der Waals surface area contributed by atoms with Crippen molar-refractivity contribution in [3.8, 4) is 17.6 Å². The summed E-state index contributed by atoms with van der Waals surface area (Å²) in [6.07, 6.45) is 6.67. The van der Waals surface area contributed by atoms with Gasteiger partial charge in [0.1, 0.15) is 11.4 Å². The Balaban J connectivity index is 1.83. The van der Waals surface area contributed by atoms with Crippen LogP contribution in [0.5, 0.6) is 5.75 Å². The lowest BCUT2D eigenvalue weighted by atomic mass is 9.50. The van der Waals surface area contributed by atoms with Crippen LogP contribution in [0.1, 0.15) is 84.6 Å². The lowest BCUT2D eigenvalue weighted by Gasteiger charge is -2.54. The second-order valence-corrected chi connectivity index (χ2v) is 11.2. The Kier molecular flexibility index (Phi) is 6.34. The first-order valence-corrected chi connectivity index (χ1v) is 12.8. The van der Waals surface area contributed by atoms with Crippen molar-refractivity contribution in [2.75, 3.05) is 7.11 Å². The molecule has 1 aromatic carbocycles. The molecule has 0 N–H and O–H groups in total. The molecule has 3 fully saturated rings. The molecule has 7 atom stereocenters. The summed E-state index contributed by atoms with van der Waals surface area (Å²) in [6, 6.07) is 8.79. The standard InChI is InChI=1S/C31H42O2/c1-9-17-30-19-16-27-25(10-2)28(29(7,22(5)6)18-15-21(3)4)26(20-31(27,30)33-30)23-11-13-24(32-8)14-12-23/h11-14,25-28H,3,5,10,15-16,18-20H2,1-2,4,6-8H3/t25?,26?,27?,28?,29?,30?,31-/m1/s1. The molecule has 4 rings (SSSR count). The van der Waals surface area contributed by atoms with E-state index < -0.39 is 0 Å². The van der Waals surface area contributed by atoms with Crippen LogP contribution in [0.2, 0.25) is 0 Å². The Morgan fingerprint density at radius 3 is 2.48 bits per heavy atom. The average Bonchev–Trinajstić information content (AvgIpc) is 3.30. The summed E-state index contributed by atoms with van der Waals surface area (Å²) in [6.45, 7) is 20.0. The maximum Gasteiger partial charge on any atom is 0.158 e. The van der Waals surface area contributed by atoms with Gasteiger partial charge in [-0.3, -0.25) is 0 Å². The van der Waals surface area contributed by atoms with Crippen LogP contribution in [0.3, 0.4) is 0 Å². The lowest BCUT2D eigenvalue weighted by molar-refractivity contribution is -0.0200. The van der Waals surface area contributed by atoms with Gasteiger partial charge in [-0.2, -0.15) is 0 Å². The first-order chi connectivity index (χ1) is 15.7. The van der Waals surface area contributed by atoms with Crippen LogP contribution in [0.15, 0.2) is 48.6 Å². The van der Waals surface area contributed by atoms with Crippen molar-refractivity contribution in [3.63, 3.8) is 0 Å². The van der Waals surface area contributed by atoms with E-state index in [1.807, 2.05) is 6.92 Å². The molecule has 0 amide bonds. The zero-order chi connectivity index (χ0) is 24.0. The van der Waals surface area contributed by atoms with E-state index in [0.717, 1.165) is 31.4 Å². The van der Waals surface area contributed by atoms with Crippen molar-refractivity contribution in [1.82, 2.24) is 0 Å². The number of hydrogen-bond donors (Lipinski definition) is 0. The molecule has 2 nitrogen and oxygen atoms in total. The molecule has 1 spiro atoms. The lowest BCUT2D eigenvalue weighted by Crippen LogP contribution is -2.50. The molecule has 0 bridgehead atoms. The highest BCUT2D eigenvalue weighted by Crippen LogP contribution is 2.74. The summed E-state index contributed by atoms with van der Waals surface area (Å²) in [7, 11) is 1.74. The molecule has 2 aliphatic carbocycles. The molecule has 2 saturated carbocycles. The van der Waals surface area contributed by atoms with Crippen molar-refractivity contribution in [2.45, 2.75) is 90.3 Å². The van der Waals surface area contributed by atoms with Gasteiger partial charge in [0.05, 0.1) is 7.11 Å². The van der Waals surface area contributed by atoms with Crippen LogP contribution < -0.4 is 4.74 Å². The Bertz CT molecular complexity index is 978. The average molecular weight is 447 g/mol. The number of ether oxygens (including phenoxy) is 2. The molecular weight excluding hydrogens is 404 g/mol. The second-order valence-electron chi connectivity index (χ2n) is 11.2. The minimum atomic E-state index is -0.215. The molecule has 2 heteroatoms. The van der Waals surface area contributed by atoms with E-state index >= 15 is 0 Å². The minimum absolute atomic E-state index is 0.0441. The Labute approximate surface area is 201 Å². The number of methoxy groups -OCH3 is 1. The molecule has 178 valence electrons. The smallest absolute Gasteiger partial charge is 0.158 e. The van der Waals surface area contributed by atoms with Crippen molar-refractivity contribution in [3.05, 3.63) is 54.1 Å². The van der Waals surface area contributed by atoms with Crippen molar-refractivity contribution < 1.29 is 9.47 Å². The number of rotatable bonds is 8. The molecular formula is C31H42O2. The zero-order valence-electron chi connectivity index (χ0n) is 21.6. The van der Waals surface area contributed by atoms with Crippen LogP contribution in [0.25, 0.3) is 0 Å². The van der Waals surface area contributed by atoms with Gasteiger partial charge in [0.2, 0.25) is 0 Å². The van der Waals surface area contributed by atoms with Crippen LogP contribution in [0.4, 0.5) is 0 Å². The maximum absolute atomic E-state index is 6.69. The third-order valence-electron chi connectivity index (χ3n) is 9.46. The minimum Gasteiger partial charge on any atom is -0.497 e. The highest BCUT2D eigenvalue weighted by molar-refractivity contribution is 5.42. The van der Waals surface area contributed by atoms with E-state index in [9.17, 15) is 0 Å². The van der Waals surface area contributed by atoms with Gasteiger partial charge in [-0.05, 0) is 99.7 Å². The van der Waals surface area contributed by atoms with E-state index in [0.29, 0.717) is 23.7 Å². The predicted molar refractivity (Wildman–Crippen MR) is 137 cm³/mol. The van der Waals surface area contributed by atoms with Crippen LogP contribution in [-0.2, 0) is 4.74 Å². The quantitative estimate of drug-likeness (QED) is 0.232. The van der Waals surface area contributed by atoms with Gasteiger partial charge in [-0.25, -0.2) is 0 Å². The molecule has 3 aliphatic rings. The first kappa shape index (κ1) is 24.2. The van der Waals surface area contributed by atoms with Crippen LogP contribution in [0, 0.1) is 35.0 Å². The summed E-state index contributed by atoms with van der Waals surface area (Å²) in [5.74, 6) is 9.70. The fourth-order valence-corrected chi connectivity index (χ4v) is 7.60. The topological polar surface area (TPSA) is 21.8 Å². The molecule has 0 aromatic heterocycles. The monoisotopic (exact) mass is 446 g/mol. The second kappa shape index (κ2) is 8.66. The Morgan fingerprint density at radius 1 is 1.24 bits per heavy atom. The molecule has 1 aliphatic heterocycles.